The Morgan fingerprint density at radius 1 is 1.47 bits per heavy atom. The zero-order valence-electron chi connectivity index (χ0n) is 11.5. The molecule has 0 spiro atoms. The molecule has 0 aromatic heterocycles. The maximum atomic E-state index is 12.3. The van der Waals surface area contributed by atoms with Gasteiger partial charge in [0.1, 0.15) is 5.75 Å². The van der Waals surface area contributed by atoms with Crippen LogP contribution in [-0.2, 0) is 0 Å². The summed E-state index contributed by atoms with van der Waals surface area (Å²) in [7, 11) is 0. The van der Waals surface area contributed by atoms with E-state index in [1.54, 1.807) is 0 Å². The van der Waals surface area contributed by atoms with E-state index in [-0.39, 0.29) is 12.1 Å². The highest BCUT2D eigenvalue weighted by Gasteiger charge is 2.48. The van der Waals surface area contributed by atoms with E-state index in [1.807, 2.05) is 36.1 Å². The lowest BCUT2D eigenvalue weighted by Crippen LogP contribution is -2.64. The Morgan fingerprint density at radius 2 is 2.26 bits per heavy atom. The number of nitrogens with one attached hydrogen (secondary N) is 1. The second-order valence-corrected chi connectivity index (χ2v) is 5.53. The van der Waals surface area contributed by atoms with Gasteiger partial charge in [0, 0.05) is 18.5 Å². The number of hydrogen-bond acceptors (Lipinski definition) is 2. The van der Waals surface area contributed by atoms with E-state index in [4.69, 9.17) is 4.74 Å². The van der Waals surface area contributed by atoms with E-state index in [9.17, 15) is 4.79 Å². The summed E-state index contributed by atoms with van der Waals surface area (Å²) in [5.41, 5.74) is 0.569. The molecule has 2 atom stereocenters. The minimum Gasteiger partial charge on any atom is -0.468 e. The Labute approximate surface area is 113 Å². The largest absolute Gasteiger partial charge is 0.468 e. The number of carbonyl (C=O) groups excluding carboxylic acids is 1. The van der Waals surface area contributed by atoms with Crippen LogP contribution < -0.4 is 10.1 Å². The van der Waals surface area contributed by atoms with Gasteiger partial charge in [-0.05, 0) is 19.4 Å². The fourth-order valence-electron chi connectivity index (χ4n) is 3.02. The SMILES string of the molecule is CCCCN1C(=O)NC2CC1(C)Oc1ccccc12. The monoisotopic (exact) mass is 260 g/mol. The van der Waals surface area contributed by atoms with Crippen molar-refractivity contribution in [3.63, 3.8) is 0 Å². The van der Waals surface area contributed by atoms with Crippen LogP contribution in [0.25, 0.3) is 0 Å². The van der Waals surface area contributed by atoms with Crippen LogP contribution in [0.5, 0.6) is 5.75 Å². The lowest BCUT2D eigenvalue weighted by Gasteiger charge is -2.50. The zero-order chi connectivity index (χ0) is 13.5. The number of rotatable bonds is 3. The number of ether oxygens (including phenoxy) is 1. The molecule has 2 bridgehead atoms. The van der Waals surface area contributed by atoms with Gasteiger partial charge in [-0.3, -0.25) is 4.90 Å². The number of unbranched alkanes of at least 4 members (excludes halogenated alkanes) is 1. The van der Waals surface area contributed by atoms with Crippen LogP contribution in [0.1, 0.15) is 44.7 Å². The van der Waals surface area contributed by atoms with Gasteiger partial charge in [-0.15, -0.1) is 0 Å². The predicted octanol–water partition coefficient (Wildman–Crippen LogP) is 3.05. The molecule has 4 nitrogen and oxygen atoms in total. The van der Waals surface area contributed by atoms with Crippen molar-refractivity contribution in [3.05, 3.63) is 29.8 Å². The first kappa shape index (κ1) is 12.3. The first-order chi connectivity index (χ1) is 9.14. The van der Waals surface area contributed by atoms with E-state index < -0.39 is 5.72 Å². The van der Waals surface area contributed by atoms with E-state index in [0.29, 0.717) is 0 Å². The van der Waals surface area contributed by atoms with Crippen molar-refractivity contribution >= 4 is 6.03 Å². The molecule has 1 aromatic rings. The molecule has 2 aliphatic rings. The number of fused-ring (bicyclic) bond motifs is 4. The maximum Gasteiger partial charge on any atom is 0.320 e. The third kappa shape index (κ3) is 1.95. The van der Waals surface area contributed by atoms with Gasteiger partial charge in [-0.25, -0.2) is 4.79 Å². The summed E-state index contributed by atoms with van der Waals surface area (Å²) in [5.74, 6) is 0.891. The smallest absolute Gasteiger partial charge is 0.320 e. The summed E-state index contributed by atoms with van der Waals surface area (Å²) in [4.78, 5) is 14.1. The molecule has 2 amide bonds. The van der Waals surface area contributed by atoms with Gasteiger partial charge in [0.2, 0.25) is 0 Å². The van der Waals surface area contributed by atoms with Crippen molar-refractivity contribution in [2.45, 2.75) is 44.9 Å². The molecule has 102 valence electrons. The number of nitrogens with zero attached hydrogens (tertiary/aromatic N) is 1. The van der Waals surface area contributed by atoms with Crippen LogP contribution in [0.4, 0.5) is 4.79 Å². The van der Waals surface area contributed by atoms with E-state index >= 15 is 0 Å². The molecule has 1 aromatic carbocycles. The Kier molecular flexibility index (Phi) is 2.88. The first-order valence-electron chi connectivity index (χ1n) is 7.00. The van der Waals surface area contributed by atoms with Crippen molar-refractivity contribution in [1.29, 1.82) is 0 Å². The average molecular weight is 260 g/mol. The number of amides is 2. The molecule has 3 rings (SSSR count). The topological polar surface area (TPSA) is 41.6 Å². The lowest BCUT2D eigenvalue weighted by molar-refractivity contribution is -0.0841. The molecule has 19 heavy (non-hydrogen) atoms. The fraction of sp³-hybridized carbons (Fsp3) is 0.533. The molecule has 1 N–H and O–H groups in total. The minimum absolute atomic E-state index is 0.0123. The van der Waals surface area contributed by atoms with Gasteiger partial charge < -0.3 is 10.1 Å². The summed E-state index contributed by atoms with van der Waals surface area (Å²) in [6.07, 6.45) is 2.87. The number of hydrogen-bond donors (Lipinski definition) is 1. The van der Waals surface area contributed by atoms with E-state index in [0.717, 1.165) is 37.1 Å². The Morgan fingerprint density at radius 3 is 3.05 bits per heavy atom. The summed E-state index contributed by atoms with van der Waals surface area (Å²) in [6.45, 7) is 4.89. The molecule has 0 saturated carbocycles. The summed E-state index contributed by atoms with van der Waals surface area (Å²) in [5, 5.41) is 3.10. The predicted molar refractivity (Wildman–Crippen MR) is 73.0 cm³/mol. The second-order valence-electron chi connectivity index (χ2n) is 5.53. The van der Waals surface area contributed by atoms with Gasteiger partial charge in [0.15, 0.2) is 5.72 Å². The number of carbonyl (C=O) groups is 1. The molecular weight excluding hydrogens is 240 g/mol. The van der Waals surface area contributed by atoms with Gasteiger partial charge in [-0.1, -0.05) is 31.5 Å². The number of para-hydroxylation sites is 1. The van der Waals surface area contributed by atoms with Crippen LogP contribution in [0.15, 0.2) is 24.3 Å². The average Bonchev–Trinajstić information content (AvgIpc) is 2.37. The number of benzene rings is 1. The molecule has 0 aliphatic carbocycles. The molecule has 1 fully saturated rings. The minimum atomic E-state index is -0.517. The van der Waals surface area contributed by atoms with Crippen molar-refractivity contribution in [2.24, 2.45) is 0 Å². The molecule has 0 radical (unpaired) electrons. The highest BCUT2D eigenvalue weighted by Crippen LogP contribution is 2.43. The molecule has 4 heteroatoms. The van der Waals surface area contributed by atoms with Gasteiger partial charge >= 0.3 is 6.03 Å². The standard InChI is InChI=1S/C15H20N2O2/c1-3-4-9-17-14(18)16-12-10-15(17,2)19-13-8-6-5-7-11(12)13/h5-8,12H,3-4,9-10H2,1-2H3,(H,16,18). The normalized spacial score (nSPS) is 28.4. The van der Waals surface area contributed by atoms with Crippen LogP contribution in [0, 0.1) is 0 Å². The van der Waals surface area contributed by atoms with E-state index in [1.165, 1.54) is 0 Å². The van der Waals surface area contributed by atoms with Gasteiger partial charge in [0.25, 0.3) is 0 Å². The molecule has 1 saturated heterocycles. The van der Waals surface area contributed by atoms with Crippen molar-refractivity contribution in [2.75, 3.05) is 6.54 Å². The highest BCUT2D eigenvalue weighted by molar-refractivity contribution is 5.77. The Balaban J connectivity index is 1.94. The second kappa shape index (κ2) is 4.44. The Bertz CT molecular complexity index is 503. The maximum absolute atomic E-state index is 12.3. The third-order valence-corrected chi connectivity index (χ3v) is 4.06. The van der Waals surface area contributed by atoms with Crippen molar-refractivity contribution in [3.8, 4) is 5.75 Å². The highest BCUT2D eigenvalue weighted by atomic mass is 16.5. The molecule has 2 unspecified atom stereocenters. The summed E-state index contributed by atoms with van der Waals surface area (Å²) < 4.78 is 6.14. The lowest BCUT2D eigenvalue weighted by atomic mass is 9.90. The van der Waals surface area contributed by atoms with E-state index in [2.05, 4.69) is 12.2 Å². The first-order valence-corrected chi connectivity index (χ1v) is 7.00. The molecular formula is C15H20N2O2. The third-order valence-electron chi connectivity index (χ3n) is 4.06. The van der Waals surface area contributed by atoms with Gasteiger partial charge in [0.05, 0.1) is 6.04 Å². The Hall–Kier alpha value is -1.71. The zero-order valence-corrected chi connectivity index (χ0v) is 11.5. The van der Waals surface area contributed by atoms with Crippen LogP contribution in [0.2, 0.25) is 0 Å². The quantitative estimate of drug-likeness (QED) is 0.907. The summed E-state index contributed by atoms with van der Waals surface area (Å²) in [6, 6.07) is 8.03. The van der Waals surface area contributed by atoms with Crippen LogP contribution in [-0.4, -0.2) is 23.2 Å². The molecule has 2 heterocycles. The fourth-order valence-corrected chi connectivity index (χ4v) is 3.02. The molecule has 2 aliphatic heterocycles. The van der Waals surface area contributed by atoms with Crippen LogP contribution in [0.3, 0.4) is 0 Å². The number of urea groups is 1. The summed E-state index contributed by atoms with van der Waals surface area (Å²) >= 11 is 0. The van der Waals surface area contributed by atoms with Crippen LogP contribution >= 0.6 is 0 Å². The van der Waals surface area contributed by atoms with Crippen molar-refractivity contribution in [1.82, 2.24) is 10.2 Å². The van der Waals surface area contributed by atoms with Gasteiger partial charge in [-0.2, -0.15) is 0 Å². The van der Waals surface area contributed by atoms with Crippen molar-refractivity contribution < 1.29 is 9.53 Å².